The van der Waals surface area contributed by atoms with Crippen LogP contribution in [-0.4, -0.2) is 17.0 Å². The highest BCUT2D eigenvalue weighted by atomic mass is 16.6. The average molecular weight is 349 g/mol. The average Bonchev–Trinajstić information content (AvgIpc) is 3.11. The van der Waals surface area contributed by atoms with Crippen molar-refractivity contribution in [2.75, 3.05) is 0 Å². The molecule has 0 spiro atoms. The minimum Gasteiger partial charge on any atom is -0.455 e. The van der Waals surface area contributed by atoms with Gasteiger partial charge in [-0.25, -0.2) is 5.43 Å². The quantitative estimate of drug-likeness (QED) is 0.418. The molecule has 1 heterocycles. The second-order valence-corrected chi connectivity index (χ2v) is 5.46. The van der Waals surface area contributed by atoms with E-state index >= 15 is 0 Å². The SMILES string of the molecule is O=C(Cc1ccccc1)N/N=C/c1ccc(-c2ccc([N+](=O)[O-])cc2)o1. The zero-order valence-electron chi connectivity index (χ0n) is 13.7. The summed E-state index contributed by atoms with van der Waals surface area (Å²) in [6.07, 6.45) is 1.64. The lowest BCUT2D eigenvalue weighted by atomic mass is 10.1. The van der Waals surface area contributed by atoms with Crippen molar-refractivity contribution in [1.29, 1.82) is 0 Å². The summed E-state index contributed by atoms with van der Waals surface area (Å²) in [4.78, 5) is 22.0. The molecule has 130 valence electrons. The number of non-ortho nitro benzene ring substituents is 1. The number of carbonyl (C=O) groups is 1. The number of amides is 1. The first-order valence-corrected chi connectivity index (χ1v) is 7.82. The zero-order valence-corrected chi connectivity index (χ0v) is 13.7. The number of nitrogens with one attached hydrogen (secondary N) is 1. The molecule has 0 saturated carbocycles. The van der Waals surface area contributed by atoms with Crippen molar-refractivity contribution in [3.05, 3.63) is 88.2 Å². The maximum absolute atomic E-state index is 11.8. The van der Waals surface area contributed by atoms with Gasteiger partial charge in [0.25, 0.3) is 5.69 Å². The van der Waals surface area contributed by atoms with Crippen LogP contribution >= 0.6 is 0 Å². The first-order chi connectivity index (χ1) is 12.6. The molecule has 0 atom stereocenters. The standard InChI is InChI=1S/C19H15N3O4/c23-19(12-14-4-2-1-3-5-14)21-20-13-17-10-11-18(26-17)15-6-8-16(9-7-15)22(24)25/h1-11,13H,12H2,(H,21,23)/b20-13+. The van der Waals surface area contributed by atoms with E-state index in [-0.39, 0.29) is 18.0 Å². The molecule has 1 amide bonds. The highest BCUT2D eigenvalue weighted by molar-refractivity contribution is 5.82. The van der Waals surface area contributed by atoms with Crippen LogP contribution < -0.4 is 5.43 Å². The Morgan fingerprint density at radius 1 is 1.08 bits per heavy atom. The van der Waals surface area contributed by atoms with Crippen molar-refractivity contribution < 1.29 is 14.1 Å². The number of hydrazone groups is 1. The van der Waals surface area contributed by atoms with Gasteiger partial charge in [0.05, 0.1) is 17.6 Å². The molecule has 26 heavy (non-hydrogen) atoms. The van der Waals surface area contributed by atoms with Crippen LogP contribution in [0.2, 0.25) is 0 Å². The van der Waals surface area contributed by atoms with Gasteiger partial charge in [-0.3, -0.25) is 14.9 Å². The van der Waals surface area contributed by atoms with Gasteiger partial charge in [-0.1, -0.05) is 30.3 Å². The Hall–Kier alpha value is -3.74. The highest BCUT2D eigenvalue weighted by Crippen LogP contribution is 2.23. The fraction of sp³-hybridized carbons (Fsp3) is 0.0526. The van der Waals surface area contributed by atoms with Crippen molar-refractivity contribution in [3.8, 4) is 11.3 Å². The molecule has 0 aliphatic rings. The third kappa shape index (κ3) is 4.41. The van der Waals surface area contributed by atoms with Crippen molar-refractivity contribution in [1.82, 2.24) is 5.43 Å². The maximum atomic E-state index is 11.8. The monoisotopic (exact) mass is 349 g/mol. The predicted octanol–water partition coefficient (Wildman–Crippen LogP) is 3.55. The Bertz CT molecular complexity index is 931. The van der Waals surface area contributed by atoms with Crippen LogP contribution in [0.25, 0.3) is 11.3 Å². The summed E-state index contributed by atoms with van der Waals surface area (Å²) in [5, 5.41) is 14.5. The van der Waals surface area contributed by atoms with Crippen LogP contribution in [0.3, 0.4) is 0 Å². The number of nitro benzene ring substituents is 1. The van der Waals surface area contributed by atoms with E-state index in [0.717, 1.165) is 5.56 Å². The molecule has 0 saturated heterocycles. The van der Waals surface area contributed by atoms with Crippen LogP contribution in [0.15, 0.2) is 76.2 Å². The third-order valence-corrected chi connectivity index (χ3v) is 3.58. The molecule has 1 N–H and O–H groups in total. The largest absolute Gasteiger partial charge is 0.455 e. The summed E-state index contributed by atoms with van der Waals surface area (Å²) in [5.74, 6) is 0.782. The van der Waals surface area contributed by atoms with Crippen molar-refractivity contribution >= 4 is 17.8 Å². The predicted molar refractivity (Wildman–Crippen MR) is 96.7 cm³/mol. The van der Waals surface area contributed by atoms with Gasteiger partial charge in [0.1, 0.15) is 11.5 Å². The van der Waals surface area contributed by atoms with E-state index in [9.17, 15) is 14.9 Å². The number of nitro groups is 1. The fourth-order valence-electron chi connectivity index (χ4n) is 2.31. The molecule has 0 radical (unpaired) electrons. The summed E-state index contributed by atoms with van der Waals surface area (Å²) >= 11 is 0. The van der Waals surface area contributed by atoms with Crippen molar-refractivity contribution in [3.63, 3.8) is 0 Å². The molecule has 7 nitrogen and oxygen atoms in total. The number of hydrogen-bond donors (Lipinski definition) is 1. The van der Waals surface area contributed by atoms with Crippen LogP contribution in [0.1, 0.15) is 11.3 Å². The third-order valence-electron chi connectivity index (χ3n) is 3.58. The molecular formula is C19H15N3O4. The minimum atomic E-state index is -0.456. The summed E-state index contributed by atoms with van der Waals surface area (Å²) in [6.45, 7) is 0. The van der Waals surface area contributed by atoms with Crippen molar-refractivity contribution in [2.24, 2.45) is 5.10 Å². The lowest BCUT2D eigenvalue weighted by Crippen LogP contribution is -2.19. The van der Waals surface area contributed by atoms with Crippen LogP contribution in [-0.2, 0) is 11.2 Å². The topological polar surface area (TPSA) is 97.7 Å². The fourth-order valence-corrected chi connectivity index (χ4v) is 2.31. The number of nitrogens with zero attached hydrogens (tertiary/aromatic N) is 2. The number of furan rings is 1. The Morgan fingerprint density at radius 2 is 1.81 bits per heavy atom. The van der Waals surface area contributed by atoms with E-state index in [1.807, 2.05) is 30.3 Å². The molecular weight excluding hydrogens is 334 g/mol. The molecule has 1 aromatic heterocycles. The van der Waals surface area contributed by atoms with E-state index in [0.29, 0.717) is 17.1 Å². The van der Waals surface area contributed by atoms with Gasteiger partial charge in [-0.2, -0.15) is 5.10 Å². The molecule has 3 aromatic rings. The number of hydrogen-bond acceptors (Lipinski definition) is 5. The molecule has 7 heteroatoms. The van der Waals surface area contributed by atoms with E-state index in [2.05, 4.69) is 10.5 Å². The molecule has 0 aliphatic heterocycles. The van der Waals surface area contributed by atoms with Gasteiger partial charge in [0.15, 0.2) is 0 Å². The summed E-state index contributed by atoms with van der Waals surface area (Å²) in [7, 11) is 0. The van der Waals surface area contributed by atoms with E-state index in [1.165, 1.54) is 18.3 Å². The van der Waals surface area contributed by atoms with Crippen molar-refractivity contribution in [2.45, 2.75) is 6.42 Å². The van der Waals surface area contributed by atoms with Crippen LogP contribution in [0.4, 0.5) is 5.69 Å². The molecule has 0 bridgehead atoms. The molecule has 0 aliphatic carbocycles. The summed E-state index contributed by atoms with van der Waals surface area (Å²) in [5.41, 5.74) is 4.07. The Balaban J connectivity index is 1.58. The smallest absolute Gasteiger partial charge is 0.269 e. The molecule has 0 unspecified atom stereocenters. The number of benzene rings is 2. The first kappa shape index (κ1) is 17.1. The second kappa shape index (κ2) is 7.89. The Morgan fingerprint density at radius 3 is 2.50 bits per heavy atom. The van der Waals surface area contributed by atoms with Gasteiger partial charge in [-0.15, -0.1) is 0 Å². The lowest BCUT2D eigenvalue weighted by Gasteiger charge is -1.99. The molecule has 0 fully saturated rings. The number of carbonyl (C=O) groups excluding carboxylic acids is 1. The maximum Gasteiger partial charge on any atom is 0.269 e. The van der Waals surface area contributed by atoms with Gasteiger partial charge in [0, 0.05) is 17.7 Å². The molecule has 3 rings (SSSR count). The normalized spacial score (nSPS) is 10.8. The van der Waals surface area contributed by atoms with E-state index < -0.39 is 4.92 Å². The Labute approximate surface area is 149 Å². The van der Waals surface area contributed by atoms with E-state index in [4.69, 9.17) is 4.42 Å². The van der Waals surface area contributed by atoms with Gasteiger partial charge < -0.3 is 4.42 Å². The summed E-state index contributed by atoms with van der Waals surface area (Å²) in [6, 6.07) is 18.8. The van der Waals surface area contributed by atoms with Crippen LogP contribution in [0, 0.1) is 10.1 Å². The second-order valence-electron chi connectivity index (χ2n) is 5.46. The summed E-state index contributed by atoms with van der Waals surface area (Å²) < 4.78 is 5.60. The zero-order chi connectivity index (χ0) is 18.4. The van der Waals surface area contributed by atoms with Crippen LogP contribution in [0.5, 0.6) is 0 Å². The number of rotatable bonds is 6. The van der Waals surface area contributed by atoms with Gasteiger partial charge in [-0.05, 0) is 29.8 Å². The molecule has 2 aromatic carbocycles. The van der Waals surface area contributed by atoms with Gasteiger partial charge in [0.2, 0.25) is 5.91 Å². The first-order valence-electron chi connectivity index (χ1n) is 7.82. The minimum absolute atomic E-state index is 0.0169. The van der Waals surface area contributed by atoms with E-state index in [1.54, 1.807) is 24.3 Å². The van der Waals surface area contributed by atoms with Gasteiger partial charge >= 0.3 is 0 Å². The lowest BCUT2D eigenvalue weighted by molar-refractivity contribution is -0.384. The Kier molecular flexibility index (Phi) is 5.19. The highest BCUT2D eigenvalue weighted by Gasteiger charge is 2.08.